The molecule has 1 fully saturated rings. The molecule has 7 rings (SSSR count). The van der Waals surface area contributed by atoms with Gasteiger partial charge in [-0.3, -0.25) is 19.8 Å². The van der Waals surface area contributed by atoms with Crippen LogP contribution in [0.25, 0.3) is 27.2 Å². The van der Waals surface area contributed by atoms with Crippen LogP contribution in [0, 0.1) is 0 Å². The van der Waals surface area contributed by atoms with Gasteiger partial charge >= 0.3 is 0 Å². The van der Waals surface area contributed by atoms with Crippen molar-refractivity contribution in [2.75, 3.05) is 16.9 Å². The SMILES string of the molecule is CC(=O)Nn1c(O)c2c3c(c4[nH]c5c(c4c2c1O)CC=CC5=O)N(C1OC(CO)C(O)C(O)C1O)C1C(=O)C=CC=C31. The number of hydrogen-bond donors (Lipinski definition) is 8. The van der Waals surface area contributed by atoms with Gasteiger partial charge in [0.25, 0.3) is 0 Å². The number of nitrogens with zero attached hydrogens (tertiary/aromatic N) is 2. The van der Waals surface area contributed by atoms with E-state index in [1.54, 1.807) is 12.2 Å². The Hall–Kier alpha value is -4.47. The fraction of sp³-hybridized carbons (Fsp3) is 0.321. The van der Waals surface area contributed by atoms with Crippen LogP contribution in [0.15, 0.2) is 30.4 Å². The number of amides is 1. The summed E-state index contributed by atoms with van der Waals surface area (Å²) in [6.07, 6.45) is -0.244. The van der Waals surface area contributed by atoms with E-state index in [-0.39, 0.29) is 45.4 Å². The van der Waals surface area contributed by atoms with Crippen LogP contribution in [0.4, 0.5) is 5.69 Å². The number of allylic oxidation sites excluding steroid dienone is 4. The first kappa shape index (κ1) is 26.4. The lowest BCUT2D eigenvalue weighted by atomic mass is 9.90. The van der Waals surface area contributed by atoms with Crippen molar-refractivity contribution in [3.8, 4) is 11.8 Å². The number of ether oxygens (including phenoxy) is 1. The van der Waals surface area contributed by atoms with Gasteiger partial charge in [0, 0.05) is 17.9 Å². The van der Waals surface area contributed by atoms with Crippen LogP contribution in [-0.2, 0) is 20.7 Å². The van der Waals surface area contributed by atoms with Gasteiger partial charge in [0.05, 0.1) is 34.3 Å². The van der Waals surface area contributed by atoms with Gasteiger partial charge in [0.1, 0.15) is 30.5 Å². The number of aliphatic hydroxyl groups is 4. The van der Waals surface area contributed by atoms with Crippen molar-refractivity contribution in [3.63, 3.8) is 0 Å². The van der Waals surface area contributed by atoms with E-state index in [1.165, 1.54) is 30.1 Å². The molecule has 14 nitrogen and oxygen atoms in total. The first-order valence-corrected chi connectivity index (χ1v) is 13.2. The first-order valence-electron chi connectivity index (χ1n) is 13.2. The van der Waals surface area contributed by atoms with Crippen molar-refractivity contribution in [3.05, 3.63) is 47.2 Å². The van der Waals surface area contributed by atoms with Crippen LogP contribution < -0.4 is 10.3 Å². The lowest BCUT2D eigenvalue weighted by Gasteiger charge is -2.46. The number of aromatic nitrogens is 2. The number of hydrogen-bond acceptors (Lipinski definition) is 11. The number of aromatic hydroxyl groups is 2. The number of ketones is 2. The van der Waals surface area contributed by atoms with Gasteiger partial charge in [-0.05, 0) is 29.7 Å². The summed E-state index contributed by atoms with van der Waals surface area (Å²) in [5.41, 5.74) is 4.11. The third kappa shape index (κ3) is 3.29. The molecule has 1 saturated heterocycles. The molecule has 14 heteroatoms. The highest BCUT2D eigenvalue weighted by molar-refractivity contribution is 6.29. The van der Waals surface area contributed by atoms with E-state index in [0.717, 1.165) is 4.68 Å². The zero-order valence-corrected chi connectivity index (χ0v) is 22.0. The maximum atomic E-state index is 13.5. The number of aromatic amines is 1. The minimum absolute atomic E-state index is 0.0546. The Morgan fingerprint density at radius 3 is 2.52 bits per heavy atom. The molecule has 2 aromatic heterocycles. The highest BCUT2D eigenvalue weighted by atomic mass is 16.6. The van der Waals surface area contributed by atoms with Crippen LogP contribution >= 0.6 is 0 Å². The quantitative estimate of drug-likeness (QED) is 0.197. The summed E-state index contributed by atoms with van der Waals surface area (Å²) >= 11 is 0. The smallest absolute Gasteiger partial charge is 0.235 e. The summed E-state index contributed by atoms with van der Waals surface area (Å²) in [5.74, 6) is -2.47. The molecule has 6 atom stereocenters. The van der Waals surface area contributed by atoms with Gasteiger partial charge in [-0.2, -0.15) is 4.68 Å². The van der Waals surface area contributed by atoms with Gasteiger partial charge in [-0.15, -0.1) is 0 Å². The zero-order chi connectivity index (χ0) is 29.8. The molecule has 0 spiro atoms. The van der Waals surface area contributed by atoms with E-state index in [1.807, 2.05) is 0 Å². The lowest BCUT2D eigenvalue weighted by Crippen LogP contribution is -2.65. The van der Waals surface area contributed by atoms with Crippen LogP contribution in [0.1, 0.15) is 28.5 Å². The van der Waals surface area contributed by atoms with E-state index < -0.39 is 66.7 Å². The van der Waals surface area contributed by atoms with E-state index in [2.05, 4.69) is 10.4 Å². The maximum absolute atomic E-state index is 13.5. The number of carbonyl (C=O) groups excluding carboxylic acids is 3. The van der Waals surface area contributed by atoms with Crippen LogP contribution in [0.5, 0.6) is 11.8 Å². The second-order valence-electron chi connectivity index (χ2n) is 10.7. The van der Waals surface area contributed by atoms with Crippen molar-refractivity contribution in [1.29, 1.82) is 0 Å². The van der Waals surface area contributed by atoms with Crippen molar-refractivity contribution in [2.24, 2.45) is 0 Å². The van der Waals surface area contributed by atoms with E-state index in [4.69, 9.17) is 4.74 Å². The number of aliphatic hydroxyl groups excluding tert-OH is 4. The van der Waals surface area contributed by atoms with Gasteiger partial charge in [-0.25, -0.2) is 0 Å². The third-order valence-electron chi connectivity index (χ3n) is 8.37. The molecule has 0 saturated carbocycles. The zero-order valence-electron chi connectivity index (χ0n) is 22.0. The number of anilines is 1. The molecule has 1 amide bonds. The first-order chi connectivity index (χ1) is 20.1. The van der Waals surface area contributed by atoms with Crippen molar-refractivity contribution in [1.82, 2.24) is 9.66 Å². The Bertz CT molecular complexity index is 1830. The van der Waals surface area contributed by atoms with Crippen molar-refractivity contribution in [2.45, 2.75) is 50.0 Å². The predicted octanol–water partition coefficient (Wildman–Crippen LogP) is -0.570. The number of carbonyl (C=O) groups is 3. The van der Waals surface area contributed by atoms with Crippen LogP contribution in [0.3, 0.4) is 0 Å². The molecule has 4 heterocycles. The molecule has 0 radical (unpaired) electrons. The lowest BCUT2D eigenvalue weighted by molar-refractivity contribution is -0.229. The number of benzene rings is 1. The minimum Gasteiger partial charge on any atom is -0.493 e. The summed E-state index contributed by atoms with van der Waals surface area (Å²) in [6, 6.07) is -1.17. The van der Waals surface area contributed by atoms with Gasteiger partial charge in [0.15, 0.2) is 12.0 Å². The molecule has 2 aliphatic carbocycles. The van der Waals surface area contributed by atoms with Gasteiger partial charge in [-0.1, -0.05) is 18.2 Å². The minimum atomic E-state index is -1.77. The molecule has 6 unspecified atom stereocenters. The summed E-state index contributed by atoms with van der Waals surface area (Å²) in [6.45, 7) is 0.484. The Morgan fingerprint density at radius 1 is 1.07 bits per heavy atom. The highest BCUT2D eigenvalue weighted by Gasteiger charge is 2.53. The summed E-state index contributed by atoms with van der Waals surface area (Å²) in [5, 5.41) is 65.4. The molecule has 4 aliphatic rings. The average Bonchev–Trinajstić information content (AvgIpc) is 3.58. The molecular formula is C28H26N4O10. The maximum Gasteiger partial charge on any atom is 0.235 e. The molecule has 2 aliphatic heterocycles. The molecule has 1 aromatic carbocycles. The molecule has 8 N–H and O–H groups in total. The summed E-state index contributed by atoms with van der Waals surface area (Å²) in [7, 11) is 0. The second kappa shape index (κ2) is 9.01. The number of nitrogens with one attached hydrogen (secondary N) is 2. The molecule has 3 aromatic rings. The standard InChI is InChI=1S/C28H26N4O10/c1-9(34)30-32-26(40)17-15-10-4-2-6-12(35)19(10)29-20(15)22-16(18(17)27(32)41)11-5-3-7-13(36)21(11)31(22)28-25(39)24(38)23(37)14(8-33)42-28/h2-3,5-7,14,21,23-25,28-29,33,37-41H,4,8H2,1H3,(H,30,34). The number of rotatable bonds is 3. The third-order valence-corrected chi connectivity index (χ3v) is 8.37. The fourth-order valence-electron chi connectivity index (χ4n) is 6.65. The van der Waals surface area contributed by atoms with Crippen LogP contribution in [-0.4, -0.2) is 101 Å². The largest absolute Gasteiger partial charge is 0.493 e. The van der Waals surface area contributed by atoms with Gasteiger partial charge < -0.3 is 45.3 Å². The Labute approximate surface area is 236 Å². The molecule has 218 valence electrons. The monoisotopic (exact) mass is 578 g/mol. The molecular weight excluding hydrogens is 552 g/mol. The second-order valence-corrected chi connectivity index (χ2v) is 10.7. The van der Waals surface area contributed by atoms with E-state index in [0.29, 0.717) is 16.5 Å². The predicted molar refractivity (Wildman–Crippen MR) is 146 cm³/mol. The Kier molecular flexibility index (Phi) is 5.67. The van der Waals surface area contributed by atoms with E-state index >= 15 is 0 Å². The summed E-state index contributed by atoms with van der Waals surface area (Å²) in [4.78, 5) is 43.0. The number of fused-ring (bicyclic) bond motifs is 10. The van der Waals surface area contributed by atoms with E-state index in [9.17, 15) is 45.0 Å². The summed E-state index contributed by atoms with van der Waals surface area (Å²) < 4.78 is 6.71. The highest BCUT2D eigenvalue weighted by Crippen LogP contribution is 2.57. The number of H-pyrrole nitrogens is 1. The fourth-order valence-corrected chi connectivity index (χ4v) is 6.65. The Balaban J connectivity index is 1.63. The molecule has 0 bridgehead atoms. The topological polar surface area (TPSA) is 218 Å². The van der Waals surface area contributed by atoms with Crippen molar-refractivity contribution >= 4 is 50.4 Å². The Morgan fingerprint density at radius 2 is 1.81 bits per heavy atom. The normalized spacial score (nSPS) is 28.3. The van der Waals surface area contributed by atoms with Crippen molar-refractivity contribution < 1.29 is 49.8 Å². The van der Waals surface area contributed by atoms with Crippen LogP contribution in [0.2, 0.25) is 0 Å². The average molecular weight is 579 g/mol. The molecule has 42 heavy (non-hydrogen) atoms. The van der Waals surface area contributed by atoms with Gasteiger partial charge in [0.2, 0.25) is 23.5 Å².